The standard InChI is InChI=1S/C14H28N2O2/c1-13(2,3)18-12(17)16(10-14(4,5)15)11-8-6-7-9-11/h11H,6-10,15H2,1-5H3. The van der Waals surface area contributed by atoms with Crippen molar-refractivity contribution in [2.45, 2.75) is 77.5 Å². The quantitative estimate of drug-likeness (QED) is 0.844. The zero-order valence-corrected chi connectivity index (χ0v) is 12.5. The Balaban J connectivity index is 2.73. The van der Waals surface area contributed by atoms with Crippen LogP contribution in [-0.2, 0) is 4.74 Å². The molecule has 1 amide bonds. The summed E-state index contributed by atoms with van der Waals surface area (Å²) in [6, 6.07) is 0.294. The second-order valence-corrected chi connectivity index (χ2v) is 7.04. The molecular weight excluding hydrogens is 228 g/mol. The summed E-state index contributed by atoms with van der Waals surface area (Å²) in [6.07, 6.45) is 4.28. The Morgan fingerprint density at radius 2 is 1.72 bits per heavy atom. The minimum atomic E-state index is -0.452. The molecule has 1 saturated carbocycles. The lowest BCUT2D eigenvalue weighted by Gasteiger charge is -2.35. The highest BCUT2D eigenvalue weighted by molar-refractivity contribution is 5.68. The van der Waals surface area contributed by atoms with Gasteiger partial charge in [0.1, 0.15) is 5.60 Å². The molecule has 18 heavy (non-hydrogen) atoms. The summed E-state index contributed by atoms with van der Waals surface area (Å²) in [7, 11) is 0. The fourth-order valence-electron chi connectivity index (χ4n) is 2.32. The van der Waals surface area contributed by atoms with E-state index in [4.69, 9.17) is 10.5 Å². The third kappa shape index (κ3) is 5.25. The Morgan fingerprint density at radius 1 is 1.22 bits per heavy atom. The van der Waals surface area contributed by atoms with E-state index in [2.05, 4.69) is 0 Å². The molecule has 0 aromatic heterocycles. The Bertz CT molecular complexity index is 283. The Labute approximate surface area is 111 Å². The van der Waals surface area contributed by atoms with Gasteiger partial charge in [0, 0.05) is 18.1 Å². The van der Waals surface area contributed by atoms with E-state index in [1.165, 1.54) is 12.8 Å². The van der Waals surface area contributed by atoms with Crippen LogP contribution in [0.3, 0.4) is 0 Å². The first-order valence-corrected chi connectivity index (χ1v) is 6.87. The molecule has 1 aliphatic rings. The van der Waals surface area contributed by atoms with Crippen molar-refractivity contribution in [1.82, 2.24) is 4.90 Å². The fourth-order valence-corrected chi connectivity index (χ4v) is 2.32. The van der Waals surface area contributed by atoms with Crippen molar-refractivity contribution >= 4 is 6.09 Å². The van der Waals surface area contributed by atoms with Crippen molar-refractivity contribution in [3.63, 3.8) is 0 Å². The second-order valence-electron chi connectivity index (χ2n) is 7.04. The van der Waals surface area contributed by atoms with Gasteiger partial charge in [-0.1, -0.05) is 12.8 Å². The first kappa shape index (κ1) is 15.3. The van der Waals surface area contributed by atoms with Crippen LogP contribution in [-0.4, -0.2) is 34.7 Å². The lowest BCUT2D eigenvalue weighted by molar-refractivity contribution is 0.0125. The number of carbonyl (C=O) groups is 1. The van der Waals surface area contributed by atoms with Crippen LogP contribution >= 0.6 is 0 Å². The number of nitrogens with zero attached hydrogens (tertiary/aromatic N) is 1. The number of amides is 1. The molecule has 1 fully saturated rings. The maximum atomic E-state index is 12.3. The van der Waals surface area contributed by atoms with Crippen molar-refractivity contribution in [3.8, 4) is 0 Å². The van der Waals surface area contributed by atoms with Gasteiger partial charge in [0.25, 0.3) is 0 Å². The number of carbonyl (C=O) groups excluding carboxylic acids is 1. The molecule has 0 bridgehead atoms. The van der Waals surface area contributed by atoms with E-state index < -0.39 is 5.60 Å². The Hall–Kier alpha value is -0.770. The summed E-state index contributed by atoms with van der Waals surface area (Å²) < 4.78 is 5.49. The van der Waals surface area contributed by atoms with Crippen LogP contribution in [0.15, 0.2) is 0 Å². The van der Waals surface area contributed by atoms with Gasteiger partial charge in [0.15, 0.2) is 0 Å². The van der Waals surface area contributed by atoms with E-state index in [1.807, 2.05) is 39.5 Å². The lowest BCUT2D eigenvalue weighted by Crippen LogP contribution is -2.52. The number of hydrogen-bond acceptors (Lipinski definition) is 3. The minimum absolute atomic E-state index is 0.229. The highest BCUT2D eigenvalue weighted by atomic mass is 16.6. The summed E-state index contributed by atoms with van der Waals surface area (Å²) in [4.78, 5) is 14.1. The summed E-state index contributed by atoms with van der Waals surface area (Å²) in [5, 5.41) is 0. The highest BCUT2D eigenvalue weighted by Crippen LogP contribution is 2.26. The van der Waals surface area contributed by atoms with Crippen molar-refractivity contribution in [1.29, 1.82) is 0 Å². The van der Waals surface area contributed by atoms with Crippen molar-refractivity contribution in [3.05, 3.63) is 0 Å². The first-order chi connectivity index (χ1) is 8.08. The van der Waals surface area contributed by atoms with Crippen LogP contribution < -0.4 is 5.73 Å². The Morgan fingerprint density at radius 3 is 2.11 bits per heavy atom. The van der Waals surface area contributed by atoms with Crippen LogP contribution in [0, 0.1) is 0 Å². The number of rotatable bonds is 3. The molecule has 106 valence electrons. The van der Waals surface area contributed by atoms with Crippen LogP contribution in [0.1, 0.15) is 60.3 Å². The molecular formula is C14H28N2O2. The maximum Gasteiger partial charge on any atom is 0.410 e. The summed E-state index contributed by atoms with van der Waals surface area (Å²) in [5.41, 5.74) is 5.21. The molecule has 1 aliphatic carbocycles. The highest BCUT2D eigenvalue weighted by Gasteiger charge is 2.32. The maximum absolute atomic E-state index is 12.3. The monoisotopic (exact) mass is 256 g/mol. The topological polar surface area (TPSA) is 55.6 Å². The predicted molar refractivity (Wildman–Crippen MR) is 73.5 cm³/mol. The number of ether oxygens (including phenoxy) is 1. The van der Waals surface area contributed by atoms with Crippen molar-refractivity contribution < 1.29 is 9.53 Å². The van der Waals surface area contributed by atoms with Crippen LogP contribution in [0.4, 0.5) is 4.79 Å². The largest absolute Gasteiger partial charge is 0.444 e. The molecule has 4 heteroatoms. The molecule has 0 aliphatic heterocycles. The number of nitrogens with two attached hydrogens (primary N) is 1. The molecule has 0 spiro atoms. The lowest BCUT2D eigenvalue weighted by atomic mass is 10.1. The summed E-state index contributed by atoms with van der Waals surface area (Å²) in [6.45, 7) is 10.1. The van der Waals surface area contributed by atoms with E-state index in [9.17, 15) is 4.79 Å². The molecule has 4 nitrogen and oxygen atoms in total. The smallest absolute Gasteiger partial charge is 0.410 e. The van der Waals surface area contributed by atoms with Crippen LogP contribution in [0.2, 0.25) is 0 Å². The van der Waals surface area contributed by atoms with E-state index >= 15 is 0 Å². The second kappa shape index (κ2) is 5.47. The van der Waals surface area contributed by atoms with Gasteiger partial charge in [0.2, 0.25) is 0 Å². The van der Waals surface area contributed by atoms with Crippen LogP contribution in [0.5, 0.6) is 0 Å². The molecule has 0 aromatic carbocycles. The molecule has 2 N–H and O–H groups in total. The Kier molecular flexibility index (Phi) is 4.65. The molecule has 1 rings (SSSR count). The van der Waals surface area contributed by atoms with Gasteiger partial charge in [-0.2, -0.15) is 0 Å². The van der Waals surface area contributed by atoms with Gasteiger partial charge >= 0.3 is 6.09 Å². The fraction of sp³-hybridized carbons (Fsp3) is 0.929. The molecule has 0 unspecified atom stereocenters. The average molecular weight is 256 g/mol. The first-order valence-electron chi connectivity index (χ1n) is 6.87. The molecule has 0 radical (unpaired) electrons. The van der Waals surface area contributed by atoms with Gasteiger partial charge < -0.3 is 15.4 Å². The van der Waals surface area contributed by atoms with Crippen molar-refractivity contribution in [2.75, 3.05) is 6.54 Å². The van der Waals surface area contributed by atoms with E-state index in [0.717, 1.165) is 12.8 Å². The van der Waals surface area contributed by atoms with Gasteiger partial charge in [0.05, 0.1) is 0 Å². The predicted octanol–water partition coefficient (Wildman–Crippen LogP) is 2.90. The third-order valence-corrected chi connectivity index (χ3v) is 2.97. The van der Waals surface area contributed by atoms with Gasteiger partial charge in [-0.15, -0.1) is 0 Å². The third-order valence-electron chi connectivity index (χ3n) is 2.97. The van der Waals surface area contributed by atoms with E-state index in [1.54, 1.807) is 0 Å². The molecule has 0 atom stereocenters. The SMILES string of the molecule is CC(C)(N)CN(C(=O)OC(C)(C)C)C1CCCC1. The normalized spacial score (nSPS) is 17.9. The summed E-state index contributed by atoms with van der Waals surface area (Å²) >= 11 is 0. The van der Waals surface area contributed by atoms with Crippen LogP contribution in [0.25, 0.3) is 0 Å². The molecule has 0 heterocycles. The number of hydrogen-bond donors (Lipinski definition) is 1. The zero-order valence-electron chi connectivity index (χ0n) is 12.5. The van der Waals surface area contributed by atoms with E-state index in [-0.39, 0.29) is 11.6 Å². The molecule has 0 saturated heterocycles. The molecule has 0 aromatic rings. The zero-order chi connectivity index (χ0) is 14.0. The van der Waals surface area contributed by atoms with Gasteiger partial charge in [-0.3, -0.25) is 0 Å². The van der Waals surface area contributed by atoms with E-state index in [0.29, 0.717) is 12.6 Å². The van der Waals surface area contributed by atoms with Crippen molar-refractivity contribution in [2.24, 2.45) is 5.73 Å². The minimum Gasteiger partial charge on any atom is -0.444 e. The summed E-state index contributed by atoms with van der Waals surface area (Å²) in [5.74, 6) is 0. The average Bonchev–Trinajstić information content (AvgIpc) is 2.61. The van der Waals surface area contributed by atoms with Gasteiger partial charge in [-0.05, 0) is 47.5 Å². The van der Waals surface area contributed by atoms with Gasteiger partial charge in [-0.25, -0.2) is 4.79 Å².